The number of aromatic nitrogens is 4. The number of nitrogens with zero attached hydrogens (tertiary/aromatic N) is 7. The molecule has 42 heavy (non-hydrogen) atoms. The summed E-state index contributed by atoms with van der Waals surface area (Å²) in [6.45, 7) is 10.5. The fourth-order valence-corrected chi connectivity index (χ4v) is 5.55. The molecular formula is C30H45N9O3. The van der Waals surface area contributed by atoms with E-state index in [1.807, 2.05) is 18.2 Å². The van der Waals surface area contributed by atoms with Crippen molar-refractivity contribution in [1.29, 1.82) is 0 Å². The standard InChI is InChI=1S/C30H45N9O3/c31-12-20-41-22-23-42-21-19-36-15-17-38(18-16-36)29-7-6-27-33-34-28(39(27)35-29)8-9-30(40)32-26-10-13-37(14-11-26)24-25-4-2-1-3-5-25/h1-7,26H,8-24,31H2,(H,32,40). The fraction of sp³-hybridized carbons (Fsp3) is 0.600. The molecule has 0 aliphatic carbocycles. The van der Waals surface area contributed by atoms with Crippen LogP contribution in [0.4, 0.5) is 5.82 Å². The average molecular weight is 580 g/mol. The number of fused-ring (bicyclic) bond motifs is 1. The number of hydrogen-bond donors (Lipinski definition) is 2. The molecule has 2 aliphatic heterocycles. The molecule has 0 spiro atoms. The molecule has 0 bridgehead atoms. The lowest BCUT2D eigenvalue weighted by molar-refractivity contribution is -0.122. The number of piperazine rings is 1. The Labute approximate surface area is 248 Å². The van der Waals surface area contributed by atoms with Crippen molar-refractivity contribution in [3.63, 3.8) is 0 Å². The average Bonchev–Trinajstić information content (AvgIpc) is 3.44. The number of nitrogens with one attached hydrogen (secondary N) is 1. The van der Waals surface area contributed by atoms with Crippen LogP contribution in [0, 0.1) is 0 Å². The molecule has 2 fully saturated rings. The van der Waals surface area contributed by atoms with Crippen molar-refractivity contribution in [2.75, 3.05) is 83.7 Å². The van der Waals surface area contributed by atoms with Crippen LogP contribution in [0.3, 0.4) is 0 Å². The number of benzene rings is 1. The lowest BCUT2D eigenvalue weighted by Crippen LogP contribution is -2.47. The molecule has 3 N–H and O–H groups in total. The van der Waals surface area contributed by atoms with Crippen molar-refractivity contribution in [2.24, 2.45) is 5.73 Å². The maximum atomic E-state index is 12.8. The Morgan fingerprint density at radius 2 is 1.64 bits per heavy atom. The van der Waals surface area contributed by atoms with E-state index >= 15 is 0 Å². The van der Waals surface area contributed by atoms with Crippen LogP contribution in [-0.4, -0.2) is 120 Å². The minimum atomic E-state index is 0.0626. The predicted octanol–water partition coefficient (Wildman–Crippen LogP) is 0.952. The quantitative estimate of drug-likeness (QED) is 0.251. The van der Waals surface area contributed by atoms with Gasteiger partial charge in [-0.2, -0.15) is 4.52 Å². The maximum Gasteiger partial charge on any atom is 0.220 e. The Bertz CT molecular complexity index is 1230. The van der Waals surface area contributed by atoms with Crippen molar-refractivity contribution >= 4 is 17.4 Å². The summed E-state index contributed by atoms with van der Waals surface area (Å²) in [7, 11) is 0. The van der Waals surface area contributed by atoms with E-state index in [0.717, 1.165) is 71.0 Å². The van der Waals surface area contributed by atoms with Gasteiger partial charge in [0.25, 0.3) is 0 Å². The Kier molecular flexibility index (Phi) is 11.5. The van der Waals surface area contributed by atoms with E-state index in [1.165, 1.54) is 5.56 Å². The van der Waals surface area contributed by atoms with Gasteiger partial charge in [-0.1, -0.05) is 30.3 Å². The summed E-state index contributed by atoms with van der Waals surface area (Å²) in [4.78, 5) is 19.9. The van der Waals surface area contributed by atoms with Gasteiger partial charge in [0.2, 0.25) is 5.91 Å². The summed E-state index contributed by atoms with van der Waals surface area (Å²) in [6.07, 6.45) is 2.82. The molecule has 12 heteroatoms. The second kappa shape index (κ2) is 15.9. The molecule has 228 valence electrons. The number of carbonyl (C=O) groups is 1. The van der Waals surface area contributed by atoms with E-state index in [2.05, 4.69) is 54.5 Å². The first-order valence-electron chi connectivity index (χ1n) is 15.3. The number of hydrogen-bond acceptors (Lipinski definition) is 10. The first-order valence-corrected chi connectivity index (χ1v) is 15.3. The van der Waals surface area contributed by atoms with Crippen LogP contribution >= 0.6 is 0 Å². The molecule has 2 saturated heterocycles. The zero-order chi connectivity index (χ0) is 29.0. The second-order valence-corrected chi connectivity index (χ2v) is 11.0. The summed E-state index contributed by atoms with van der Waals surface area (Å²) >= 11 is 0. The van der Waals surface area contributed by atoms with Crippen molar-refractivity contribution in [3.8, 4) is 0 Å². The van der Waals surface area contributed by atoms with Crippen LogP contribution in [-0.2, 0) is 27.2 Å². The van der Waals surface area contributed by atoms with Crippen LogP contribution < -0.4 is 16.0 Å². The third kappa shape index (κ3) is 8.92. The fourth-order valence-electron chi connectivity index (χ4n) is 5.55. The van der Waals surface area contributed by atoms with Gasteiger partial charge >= 0.3 is 0 Å². The van der Waals surface area contributed by atoms with E-state index in [0.29, 0.717) is 57.3 Å². The van der Waals surface area contributed by atoms with Crippen LogP contribution in [0.5, 0.6) is 0 Å². The smallest absolute Gasteiger partial charge is 0.220 e. The molecule has 4 heterocycles. The monoisotopic (exact) mass is 579 g/mol. The Hall–Kier alpha value is -3.16. The van der Waals surface area contributed by atoms with Crippen molar-refractivity contribution < 1.29 is 14.3 Å². The van der Waals surface area contributed by atoms with Crippen LogP contribution in [0.25, 0.3) is 5.65 Å². The van der Waals surface area contributed by atoms with Gasteiger partial charge in [-0.25, -0.2) is 0 Å². The van der Waals surface area contributed by atoms with Gasteiger partial charge in [0, 0.05) is 77.8 Å². The molecule has 0 unspecified atom stereocenters. The van der Waals surface area contributed by atoms with Gasteiger partial charge < -0.3 is 25.4 Å². The highest BCUT2D eigenvalue weighted by atomic mass is 16.5. The van der Waals surface area contributed by atoms with Crippen LogP contribution in [0.15, 0.2) is 42.5 Å². The number of nitrogens with two attached hydrogens (primary N) is 1. The van der Waals surface area contributed by atoms with Crippen LogP contribution in [0.1, 0.15) is 30.7 Å². The van der Waals surface area contributed by atoms with E-state index in [-0.39, 0.29) is 11.9 Å². The van der Waals surface area contributed by atoms with Gasteiger partial charge in [-0.05, 0) is 30.5 Å². The first kappa shape index (κ1) is 30.3. The van der Waals surface area contributed by atoms with Gasteiger partial charge in [-0.15, -0.1) is 15.3 Å². The zero-order valence-electron chi connectivity index (χ0n) is 24.6. The summed E-state index contributed by atoms with van der Waals surface area (Å²) in [6, 6.07) is 14.7. The van der Waals surface area contributed by atoms with Gasteiger partial charge in [-0.3, -0.25) is 14.6 Å². The summed E-state index contributed by atoms with van der Waals surface area (Å²) in [5, 5.41) is 16.7. The van der Waals surface area contributed by atoms with E-state index in [1.54, 1.807) is 4.52 Å². The molecule has 5 rings (SSSR count). The van der Waals surface area contributed by atoms with Crippen LogP contribution in [0.2, 0.25) is 0 Å². The van der Waals surface area contributed by atoms with E-state index in [4.69, 9.17) is 20.3 Å². The van der Waals surface area contributed by atoms with Crippen molar-refractivity contribution in [2.45, 2.75) is 38.3 Å². The number of anilines is 1. The number of aryl methyl sites for hydroxylation is 1. The molecule has 1 amide bonds. The van der Waals surface area contributed by atoms with Gasteiger partial charge in [0.1, 0.15) is 5.82 Å². The second-order valence-electron chi connectivity index (χ2n) is 11.0. The highest BCUT2D eigenvalue weighted by molar-refractivity contribution is 5.76. The predicted molar refractivity (Wildman–Crippen MR) is 161 cm³/mol. The summed E-state index contributed by atoms with van der Waals surface area (Å²) < 4.78 is 12.8. The minimum absolute atomic E-state index is 0.0626. The molecule has 0 saturated carbocycles. The van der Waals surface area contributed by atoms with Crippen molar-refractivity contribution in [3.05, 3.63) is 53.9 Å². The zero-order valence-corrected chi connectivity index (χ0v) is 24.6. The highest BCUT2D eigenvalue weighted by Gasteiger charge is 2.22. The van der Waals surface area contributed by atoms with E-state index < -0.39 is 0 Å². The van der Waals surface area contributed by atoms with Crippen molar-refractivity contribution in [1.82, 2.24) is 34.9 Å². The Morgan fingerprint density at radius 1 is 0.881 bits per heavy atom. The van der Waals surface area contributed by atoms with Gasteiger partial charge in [0.15, 0.2) is 11.5 Å². The molecule has 0 radical (unpaired) electrons. The lowest BCUT2D eigenvalue weighted by atomic mass is 10.0. The Balaban J connectivity index is 1.02. The highest BCUT2D eigenvalue weighted by Crippen LogP contribution is 2.17. The Morgan fingerprint density at radius 3 is 2.40 bits per heavy atom. The number of piperidine rings is 1. The topological polar surface area (TPSA) is 126 Å². The van der Waals surface area contributed by atoms with Gasteiger partial charge in [0.05, 0.1) is 26.4 Å². The molecular weight excluding hydrogens is 534 g/mol. The lowest BCUT2D eigenvalue weighted by Gasteiger charge is -2.35. The normalized spacial score (nSPS) is 17.2. The summed E-state index contributed by atoms with van der Waals surface area (Å²) in [5.74, 6) is 1.68. The number of carbonyl (C=O) groups excluding carboxylic acids is 1. The number of amides is 1. The molecule has 0 atom stereocenters. The summed E-state index contributed by atoms with van der Waals surface area (Å²) in [5.41, 5.74) is 7.45. The number of ether oxygens (including phenoxy) is 2. The van der Waals surface area contributed by atoms with E-state index in [9.17, 15) is 4.79 Å². The molecule has 1 aromatic carbocycles. The molecule has 2 aromatic heterocycles. The first-order chi connectivity index (χ1) is 20.7. The molecule has 3 aromatic rings. The third-order valence-electron chi connectivity index (χ3n) is 7.97. The minimum Gasteiger partial charge on any atom is -0.378 e. The molecule has 2 aliphatic rings. The molecule has 12 nitrogen and oxygen atoms in total. The largest absolute Gasteiger partial charge is 0.378 e. The third-order valence-corrected chi connectivity index (χ3v) is 7.97. The maximum absolute atomic E-state index is 12.8. The number of likely N-dealkylation sites (tertiary alicyclic amines) is 1. The number of rotatable bonds is 15. The SMILES string of the molecule is NCCOCCOCCN1CCN(c2ccc3nnc(CCC(=O)NC4CCN(Cc5ccccc5)CC4)n3n2)CC1.